The van der Waals surface area contributed by atoms with Crippen molar-refractivity contribution in [1.82, 2.24) is 0 Å². The molecule has 0 spiro atoms. The van der Waals surface area contributed by atoms with Crippen LogP contribution in [0.15, 0.2) is 21.4 Å². The predicted octanol–water partition coefficient (Wildman–Crippen LogP) is 3.05. The highest BCUT2D eigenvalue weighted by Gasteiger charge is 2.65. The van der Waals surface area contributed by atoms with Gasteiger partial charge in [-0.25, -0.2) is 0 Å². The summed E-state index contributed by atoms with van der Waals surface area (Å²) in [6.07, 6.45) is 6.50. The zero-order valence-electron chi connectivity index (χ0n) is 7.87. The summed E-state index contributed by atoms with van der Waals surface area (Å²) in [6.45, 7) is 0. The lowest BCUT2D eigenvalue weighted by atomic mass is 10.0. The molecular formula is C11H13BrO2. The van der Waals surface area contributed by atoms with Gasteiger partial charge in [-0.3, -0.25) is 0 Å². The standard InChI is InChI=1S/C11H13BrO2/c12-10-9(5-6-14-10)11(13)7-3-1-2-4-8(7)11/h5-8,13H,1-4H2. The van der Waals surface area contributed by atoms with Crippen molar-refractivity contribution in [3.63, 3.8) is 0 Å². The van der Waals surface area contributed by atoms with E-state index in [9.17, 15) is 5.11 Å². The minimum Gasteiger partial charge on any atom is -0.457 e. The Hall–Kier alpha value is -0.280. The highest BCUT2D eigenvalue weighted by Crippen LogP contribution is 2.65. The molecule has 2 aliphatic carbocycles. The van der Waals surface area contributed by atoms with Crippen molar-refractivity contribution in [1.29, 1.82) is 0 Å². The van der Waals surface area contributed by atoms with Crippen LogP contribution in [0.1, 0.15) is 31.2 Å². The van der Waals surface area contributed by atoms with Gasteiger partial charge in [0.1, 0.15) is 5.60 Å². The molecule has 2 unspecified atom stereocenters. The fraction of sp³-hybridized carbons (Fsp3) is 0.636. The van der Waals surface area contributed by atoms with Crippen molar-refractivity contribution in [2.75, 3.05) is 0 Å². The van der Waals surface area contributed by atoms with Crippen LogP contribution in [0.3, 0.4) is 0 Å². The van der Waals surface area contributed by atoms with Crippen LogP contribution in [-0.4, -0.2) is 5.11 Å². The molecule has 0 radical (unpaired) electrons. The lowest BCUT2D eigenvalue weighted by molar-refractivity contribution is 0.116. The molecule has 3 rings (SSSR count). The third kappa shape index (κ3) is 0.999. The average Bonchev–Trinajstić information content (AvgIpc) is 2.57. The van der Waals surface area contributed by atoms with Crippen molar-refractivity contribution in [2.45, 2.75) is 31.3 Å². The topological polar surface area (TPSA) is 33.4 Å². The molecule has 1 aromatic heterocycles. The molecule has 1 heterocycles. The van der Waals surface area contributed by atoms with Crippen molar-refractivity contribution in [3.05, 3.63) is 22.6 Å². The Morgan fingerprint density at radius 3 is 2.50 bits per heavy atom. The van der Waals surface area contributed by atoms with Gasteiger partial charge in [0.2, 0.25) is 0 Å². The fourth-order valence-electron chi connectivity index (χ4n) is 3.07. The van der Waals surface area contributed by atoms with Gasteiger partial charge in [0.05, 0.1) is 6.26 Å². The first-order chi connectivity index (χ1) is 6.74. The molecule has 3 heteroatoms. The van der Waals surface area contributed by atoms with Crippen molar-refractivity contribution in [3.8, 4) is 0 Å². The average molecular weight is 257 g/mol. The zero-order chi connectivity index (χ0) is 9.76. The third-order valence-electron chi connectivity index (χ3n) is 3.84. The molecule has 76 valence electrons. The fourth-order valence-corrected chi connectivity index (χ4v) is 3.63. The van der Waals surface area contributed by atoms with E-state index < -0.39 is 5.60 Å². The second-order valence-corrected chi connectivity index (χ2v) is 5.15. The molecule has 2 atom stereocenters. The Morgan fingerprint density at radius 1 is 1.36 bits per heavy atom. The van der Waals surface area contributed by atoms with Gasteiger partial charge in [-0.1, -0.05) is 12.8 Å². The minimum absolute atomic E-state index is 0.477. The van der Waals surface area contributed by atoms with E-state index in [2.05, 4.69) is 15.9 Å². The normalized spacial score (nSPS) is 40.7. The van der Waals surface area contributed by atoms with E-state index in [1.165, 1.54) is 25.7 Å². The molecule has 1 N–H and O–H groups in total. The summed E-state index contributed by atoms with van der Waals surface area (Å²) < 4.78 is 5.90. The predicted molar refractivity (Wildman–Crippen MR) is 55.8 cm³/mol. The molecule has 0 aromatic carbocycles. The maximum Gasteiger partial charge on any atom is 0.175 e. The molecule has 1 aromatic rings. The summed E-state index contributed by atoms with van der Waals surface area (Å²) in [5.74, 6) is 0.954. The van der Waals surface area contributed by atoms with Gasteiger partial charge >= 0.3 is 0 Å². The van der Waals surface area contributed by atoms with Crippen LogP contribution in [0.2, 0.25) is 0 Å². The number of hydrogen-bond acceptors (Lipinski definition) is 2. The van der Waals surface area contributed by atoms with E-state index in [0.717, 1.165) is 5.56 Å². The van der Waals surface area contributed by atoms with Crippen molar-refractivity contribution >= 4 is 15.9 Å². The Balaban J connectivity index is 1.96. The first-order valence-electron chi connectivity index (χ1n) is 5.20. The molecule has 2 nitrogen and oxygen atoms in total. The summed E-state index contributed by atoms with van der Waals surface area (Å²) in [5.41, 5.74) is 0.372. The Morgan fingerprint density at radius 2 is 2.00 bits per heavy atom. The van der Waals surface area contributed by atoms with Gasteiger partial charge < -0.3 is 9.52 Å². The monoisotopic (exact) mass is 256 g/mol. The van der Waals surface area contributed by atoms with E-state index >= 15 is 0 Å². The second kappa shape index (κ2) is 2.86. The first kappa shape index (κ1) is 8.98. The molecule has 0 amide bonds. The molecule has 0 bridgehead atoms. The van der Waals surface area contributed by atoms with Gasteiger partial charge in [0.25, 0.3) is 0 Å². The SMILES string of the molecule is OC1(c2ccoc2Br)C2CCCCC21. The number of aliphatic hydroxyl groups is 1. The highest BCUT2D eigenvalue weighted by molar-refractivity contribution is 9.10. The second-order valence-electron chi connectivity index (χ2n) is 4.43. The largest absolute Gasteiger partial charge is 0.457 e. The van der Waals surface area contributed by atoms with Gasteiger partial charge in [0, 0.05) is 5.56 Å². The number of fused-ring (bicyclic) bond motifs is 1. The minimum atomic E-state index is -0.581. The van der Waals surface area contributed by atoms with Crippen molar-refractivity contribution < 1.29 is 9.52 Å². The number of furan rings is 1. The van der Waals surface area contributed by atoms with Gasteiger partial charge in [0.15, 0.2) is 4.67 Å². The van der Waals surface area contributed by atoms with E-state index in [0.29, 0.717) is 16.5 Å². The maximum absolute atomic E-state index is 10.5. The van der Waals surface area contributed by atoms with Gasteiger partial charge in [-0.15, -0.1) is 0 Å². The smallest absolute Gasteiger partial charge is 0.175 e. The molecule has 14 heavy (non-hydrogen) atoms. The quantitative estimate of drug-likeness (QED) is 0.838. The number of hydrogen-bond donors (Lipinski definition) is 1. The molecule has 0 aliphatic heterocycles. The van der Waals surface area contributed by atoms with Gasteiger partial charge in [-0.2, -0.15) is 0 Å². The van der Waals surface area contributed by atoms with Crippen LogP contribution in [0.5, 0.6) is 0 Å². The molecular weight excluding hydrogens is 244 g/mol. The summed E-state index contributed by atoms with van der Waals surface area (Å²) in [6, 6.07) is 1.89. The number of rotatable bonds is 1. The van der Waals surface area contributed by atoms with Crippen molar-refractivity contribution in [2.24, 2.45) is 11.8 Å². The van der Waals surface area contributed by atoms with Crippen LogP contribution in [0, 0.1) is 11.8 Å². The van der Waals surface area contributed by atoms with Gasteiger partial charge in [-0.05, 0) is 46.7 Å². The van der Waals surface area contributed by atoms with E-state index in [1.54, 1.807) is 6.26 Å². The molecule has 2 fully saturated rings. The van der Waals surface area contributed by atoms with E-state index in [4.69, 9.17) is 4.42 Å². The summed E-state index contributed by atoms with van der Waals surface area (Å²) in [4.78, 5) is 0. The van der Waals surface area contributed by atoms with Crippen LogP contribution in [-0.2, 0) is 5.60 Å². The zero-order valence-corrected chi connectivity index (χ0v) is 9.46. The summed E-state index contributed by atoms with van der Waals surface area (Å²) >= 11 is 3.35. The first-order valence-corrected chi connectivity index (χ1v) is 5.99. The molecule has 2 aliphatic rings. The van der Waals surface area contributed by atoms with Crippen LogP contribution < -0.4 is 0 Å². The summed E-state index contributed by atoms with van der Waals surface area (Å²) in [5, 5.41) is 10.5. The van der Waals surface area contributed by atoms with E-state index in [-0.39, 0.29) is 0 Å². The Labute approximate surface area is 91.4 Å². The summed E-state index contributed by atoms with van der Waals surface area (Å²) in [7, 11) is 0. The lowest BCUT2D eigenvalue weighted by Crippen LogP contribution is -2.09. The maximum atomic E-state index is 10.5. The van der Waals surface area contributed by atoms with E-state index in [1.807, 2.05) is 6.07 Å². The highest BCUT2D eigenvalue weighted by atomic mass is 79.9. The van der Waals surface area contributed by atoms with Crippen LogP contribution in [0.25, 0.3) is 0 Å². The molecule has 0 saturated heterocycles. The lowest BCUT2D eigenvalue weighted by Gasteiger charge is -2.07. The Kier molecular flexibility index (Phi) is 1.83. The Bertz CT molecular complexity index is 346. The number of halogens is 1. The van der Waals surface area contributed by atoms with Crippen LogP contribution in [0.4, 0.5) is 0 Å². The van der Waals surface area contributed by atoms with Crippen LogP contribution >= 0.6 is 15.9 Å². The third-order valence-corrected chi connectivity index (χ3v) is 4.45. The molecule has 2 saturated carbocycles.